The van der Waals surface area contributed by atoms with E-state index in [1.54, 1.807) is 0 Å². The second-order valence-corrected chi connectivity index (χ2v) is 4.97. The van der Waals surface area contributed by atoms with Gasteiger partial charge in [0.1, 0.15) is 0 Å². The van der Waals surface area contributed by atoms with Crippen molar-refractivity contribution in [1.82, 2.24) is 4.98 Å². The summed E-state index contributed by atoms with van der Waals surface area (Å²) in [5.41, 5.74) is 8.74. The molecule has 112 valence electrons. The zero-order valence-corrected chi connectivity index (χ0v) is 12.8. The predicted octanol–water partition coefficient (Wildman–Crippen LogP) is 3.74. The van der Waals surface area contributed by atoms with Crippen LogP contribution in [0.25, 0.3) is 0 Å². The average molecular weight is 286 g/mol. The van der Waals surface area contributed by atoms with Gasteiger partial charge in [-0.1, -0.05) is 19.1 Å². The molecule has 0 fully saturated rings. The van der Waals surface area contributed by atoms with Crippen molar-refractivity contribution >= 4 is 0 Å². The highest BCUT2D eigenvalue weighted by Crippen LogP contribution is 2.33. The van der Waals surface area contributed by atoms with Crippen LogP contribution in [0.5, 0.6) is 17.4 Å². The van der Waals surface area contributed by atoms with E-state index in [1.807, 2.05) is 44.2 Å². The van der Waals surface area contributed by atoms with Crippen LogP contribution in [0, 0.1) is 13.8 Å². The number of rotatable bonds is 6. The number of pyridine rings is 1. The molecule has 0 aliphatic heterocycles. The van der Waals surface area contributed by atoms with Gasteiger partial charge in [-0.25, -0.2) is 4.98 Å². The van der Waals surface area contributed by atoms with Crippen LogP contribution in [0.1, 0.15) is 30.2 Å². The number of nitrogens with zero attached hydrogens (tertiary/aromatic N) is 1. The van der Waals surface area contributed by atoms with Crippen LogP contribution >= 0.6 is 0 Å². The summed E-state index contributed by atoms with van der Waals surface area (Å²) in [5.74, 6) is 1.95. The molecule has 0 spiro atoms. The average Bonchev–Trinajstić information content (AvgIpc) is 2.46. The maximum Gasteiger partial charge on any atom is 0.224 e. The van der Waals surface area contributed by atoms with E-state index >= 15 is 0 Å². The fraction of sp³-hybridized carbons (Fsp3) is 0.353. The Balaban J connectivity index is 2.34. The molecule has 0 aliphatic rings. The van der Waals surface area contributed by atoms with Gasteiger partial charge >= 0.3 is 0 Å². The lowest BCUT2D eigenvalue weighted by Gasteiger charge is -2.15. The standard InChI is InChI=1S/C17H22N2O2/c1-4-9-20-15-7-5-6-8-16(15)21-17-14(11-18)12(2)10-13(3)19-17/h5-8,10H,4,9,11,18H2,1-3H3. The van der Waals surface area contributed by atoms with Gasteiger partial charge in [-0.05, 0) is 44.0 Å². The lowest BCUT2D eigenvalue weighted by molar-refractivity contribution is 0.300. The molecule has 0 aliphatic carbocycles. The van der Waals surface area contributed by atoms with E-state index < -0.39 is 0 Å². The molecule has 4 nitrogen and oxygen atoms in total. The molecule has 4 heteroatoms. The van der Waals surface area contributed by atoms with Crippen molar-refractivity contribution in [2.24, 2.45) is 5.73 Å². The van der Waals surface area contributed by atoms with E-state index in [1.165, 1.54) is 0 Å². The van der Waals surface area contributed by atoms with Crippen LogP contribution in [0.4, 0.5) is 0 Å². The zero-order valence-electron chi connectivity index (χ0n) is 12.8. The topological polar surface area (TPSA) is 57.4 Å². The minimum Gasteiger partial charge on any atom is -0.490 e. The van der Waals surface area contributed by atoms with Crippen LogP contribution in [0.2, 0.25) is 0 Å². The fourth-order valence-electron chi connectivity index (χ4n) is 2.13. The van der Waals surface area contributed by atoms with Gasteiger partial charge < -0.3 is 15.2 Å². The maximum atomic E-state index is 5.97. The molecule has 0 saturated heterocycles. The normalized spacial score (nSPS) is 10.5. The highest BCUT2D eigenvalue weighted by atomic mass is 16.5. The van der Waals surface area contributed by atoms with Crippen molar-refractivity contribution in [3.8, 4) is 17.4 Å². The third-order valence-corrected chi connectivity index (χ3v) is 3.16. The number of hydrogen-bond acceptors (Lipinski definition) is 4. The largest absolute Gasteiger partial charge is 0.490 e. The number of ether oxygens (including phenoxy) is 2. The SMILES string of the molecule is CCCOc1ccccc1Oc1nc(C)cc(C)c1CN. The monoisotopic (exact) mass is 286 g/mol. The van der Waals surface area contributed by atoms with Crippen molar-refractivity contribution in [3.63, 3.8) is 0 Å². The molecule has 2 aromatic rings. The minimum atomic E-state index is 0.395. The Morgan fingerprint density at radius 3 is 2.52 bits per heavy atom. The summed E-state index contributed by atoms with van der Waals surface area (Å²) in [6, 6.07) is 9.63. The highest BCUT2D eigenvalue weighted by Gasteiger charge is 2.12. The quantitative estimate of drug-likeness (QED) is 0.879. The summed E-state index contributed by atoms with van der Waals surface area (Å²) < 4.78 is 11.7. The molecule has 0 saturated carbocycles. The van der Waals surface area contributed by atoms with Gasteiger partial charge in [-0.15, -0.1) is 0 Å². The number of hydrogen-bond donors (Lipinski definition) is 1. The summed E-state index contributed by atoms with van der Waals surface area (Å²) in [6.07, 6.45) is 0.949. The lowest BCUT2D eigenvalue weighted by Crippen LogP contribution is -2.05. The molecule has 0 amide bonds. The molecule has 1 aromatic heterocycles. The smallest absolute Gasteiger partial charge is 0.224 e. The highest BCUT2D eigenvalue weighted by molar-refractivity contribution is 5.44. The molecule has 1 aromatic carbocycles. The maximum absolute atomic E-state index is 5.97. The van der Waals surface area contributed by atoms with E-state index in [0.29, 0.717) is 24.8 Å². The van der Waals surface area contributed by atoms with Crippen LogP contribution in [-0.4, -0.2) is 11.6 Å². The summed E-state index contributed by atoms with van der Waals surface area (Å²) in [6.45, 7) is 7.08. The molecule has 2 N–H and O–H groups in total. The van der Waals surface area contributed by atoms with Gasteiger partial charge in [0, 0.05) is 17.8 Å². The number of nitrogens with two attached hydrogens (primary N) is 1. The Kier molecular flexibility index (Phi) is 5.17. The molecule has 0 unspecified atom stereocenters. The fourth-order valence-corrected chi connectivity index (χ4v) is 2.13. The van der Waals surface area contributed by atoms with Crippen molar-refractivity contribution in [1.29, 1.82) is 0 Å². The molecule has 2 rings (SSSR count). The number of aromatic nitrogens is 1. The molecule has 21 heavy (non-hydrogen) atoms. The van der Waals surface area contributed by atoms with Crippen LogP contribution in [0.3, 0.4) is 0 Å². The summed E-state index contributed by atoms with van der Waals surface area (Å²) in [7, 11) is 0. The molecule has 1 heterocycles. The Morgan fingerprint density at radius 2 is 1.86 bits per heavy atom. The molecule has 0 bridgehead atoms. The minimum absolute atomic E-state index is 0.395. The lowest BCUT2D eigenvalue weighted by atomic mass is 10.1. The Morgan fingerprint density at radius 1 is 1.14 bits per heavy atom. The molecular weight excluding hydrogens is 264 g/mol. The Hall–Kier alpha value is -2.07. The second kappa shape index (κ2) is 7.09. The number of aryl methyl sites for hydroxylation is 2. The third-order valence-electron chi connectivity index (χ3n) is 3.16. The summed E-state index contributed by atoms with van der Waals surface area (Å²) in [4.78, 5) is 4.46. The van der Waals surface area contributed by atoms with Gasteiger partial charge in [0.15, 0.2) is 11.5 Å². The first-order chi connectivity index (χ1) is 10.2. The van der Waals surface area contributed by atoms with E-state index in [0.717, 1.165) is 29.0 Å². The predicted molar refractivity (Wildman–Crippen MR) is 83.9 cm³/mol. The van der Waals surface area contributed by atoms with Gasteiger partial charge in [0.25, 0.3) is 0 Å². The van der Waals surface area contributed by atoms with E-state index in [-0.39, 0.29) is 0 Å². The van der Waals surface area contributed by atoms with E-state index in [2.05, 4.69) is 11.9 Å². The third kappa shape index (κ3) is 3.73. The zero-order chi connectivity index (χ0) is 15.2. The molecule has 0 radical (unpaired) electrons. The van der Waals surface area contributed by atoms with Crippen LogP contribution < -0.4 is 15.2 Å². The molecular formula is C17H22N2O2. The number of para-hydroxylation sites is 2. The summed E-state index contributed by atoms with van der Waals surface area (Å²) in [5, 5.41) is 0. The molecule has 0 atom stereocenters. The van der Waals surface area contributed by atoms with Crippen LogP contribution in [0.15, 0.2) is 30.3 Å². The van der Waals surface area contributed by atoms with Crippen LogP contribution in [-0.2, 0) is 6.54 Å². The van der Waals surface area contributed by atoms with Crippen molar-refractivity contribution in [2.75, 3.05) is 6.61 Å². The van der Waals surface area contributed by atoms with Gasteiger partial charge in [-0.2, -0.15) is 0 Å². The second-order valence-electron chi connectivity index (χ2n) is 4.97. The first-order valence-electron chi connectivity index (χ1n) is 7.22. The van der Waals surface area contributed by atoms with Crippen molar-refractivity contribution in [2.45, 2.75) is 33.7 Å². The number of benzene rings is 1. The first kappa shape index (κ1) is 15.3. The first-order valence-corrected chi connectivity index (χ1v) is 7.22. The van der Waals surface area contributed by atoms with E-state index in [9.17, 15) is 0 Å². The van der Waals surface area contributed by atoms with Crippen molar-refractivity contribution < 1.29 is 9.47 Å². The van der Waals surface area contributed by atoms with Gasteiger partial charge in [0.2, 0.25) is 5.88 Å². The van der Waals surface area contributed by atoms with E-state index in [4.69, 9.17) is 15.2 Å². The van der Waals surface area contributed by atoms with Crippen molar-refractivity contribution in [3.05, 3.63) is 47.2 Å². The van der Waals surface area contributed by atoms with Gasteiger partial charge in [-0.3, -0.25) is 0 Å². The Labute approximate surface area is 125 Å². The summed E-state index contributed by atoms with van der Waals surface area (Å²) >= 11 is 0. The van der Waals surface area contributed by atoms with Gasteiger partial charge in [0.05, 0.1) is 6.61 Å². The Bertz CT molecular complexity index is 612.